The van der Waals surface area contributed by atoms with Crippen LogP contribution in [0.3, 0.4) is 0 Å². The SMILES string of the molecule is CCC1SCC(C(=O)O)N1S(=O)(=O)CC1CCCCC1. The zero-order valence-electron chi connectivity index (χ0n) is 11.8. The van der Waals surface area contributed by atoms with Crippen molar-refractivity contribution in [3.05, 3.63) is 0 Å². The predicted octanol–water partition coefficient (Wildman–Crippen LogP) is 2.13. The standard InChI is InChI=1S/C13H23NO4S2/c1-2-12-14(11(8-19-12)13(15)16)20(17,18)9-10-6-4-3-5-7-10/h10-12H,2-9H2,1H3,(H,15,16). The van der Waals surface area contributed by atoms with E-state index in [2.05, 4.69) is 0 Å². The smallest absolute Gasteiger partial charge is 0.322 e. The van der Waals surface area contributed by atoms with Crippen LogP contribution in [0, 0.1) is 5.92 Å². The minimum absolute atomic E-state index is 0.119. The summed E-state index contributed by atoms with van der Waals surface area (Å²) in [4.78, 5) is 11.3. The minimum atomic E-state index is -3.48. The predicted molar refractivity (Wildman–Crippen MR) is 80.2 cm³/mol. The van der Waals surface area contributed by atoms with E-state index in [-0.39, 0.29) is 17.0 Å². The molecule has 1 saturated carbocycles. The molecule has 2 aliphatic rings. The molecule has 116 valence electrons. The second kappa shape index (κ2) is 6.66. The molecule has 1 aliphatic heterocycles. The quantitative estimate of drug-likeness (QED) is 0.839. The van der Waals surface area contributed by atoms with Gasteiger partial charge in [0.2, 0.25) is 10.0 Å². The van der Waals surface area contributed by atoms with Gasteiger partial charge in [-0.3, -0.25) is 4.79 Å². The maximum Gasteiger partial charge on any atom is 0.322 e. The summed E-state index contributed by atoms with van der Waals surface area (Å²) in [5.41, 5.74) is 0. The average molecular weight is 321 g/mol. The van der Waals surface area contributed by atoms with Crippen molar-refractivity contribution in [1.29, 1.82) is 0 Å². The van der Waals surface area contributed by atoms with Gasteiger partial charge in [0.15, 0.2) is 0 Å². The molecule has 2 unspecified atom stereocenters. The number of thioether (sulfide) groups is 1. The zero-order valence-corrected chi connectivity index (χ0v) is 13.5. The summed E-state index contributed by atoms with van der Waals surface area (Å²) in [7, 11) is -3.48. The first-order valence-electron chi connectivity index (χ1n) is 7.31. The Kier molecular flexibility index (Phi) is 5.36. The molecule has 1 heterocycles. The number of hydrogen-bond acceptors (Lipinski definition) is 4. The zero-order chi connectivity index (χ0) is 14.8. The van der Waals surface area contributed by atoms with Gasteiger partial charge in [-0.2, -0.15) is 4.31 Å². The summed E-state index contributed by atoms with van der Waals surface area (Å²) in [5.74, 6) is -0.349. The summed E-state index contributed by atoms with van der Waals surface area (Å²) in [6, 6.07) is -0.890. The van der Waals surface area contributed by atoms with Gasteiger partial charge in [-0.15, -0.1) is 11.8 Å². The Morgan fingerprint density at radius 2 is 1.95 bits per heavy atom. The first kappa shape index (κ1) is 16.1. The van der Waals surface area contributed by atoms with Gasteiger partial charge in [-0.05, 0) is 25.2 Å². The molecule has 0 aromatic heterocycles. The third-order valence-corrected chi connectivity index (χ3v) is 7.79. The highest BCUT2D eigenvalue weighted by atomic mass is 32.2. The molecule has 0 aromatic carbocycles. The van der Waals surface area contributed by atoms with Crippen LogP contribution >= 0.6 is 11.8 Å². The van der Waals surface area contributed by atoms with Crippen molar-refractivity contribution in [3.8, 4) is 0 Å². The molecule has 0 spiro atoms. The Morgan fingerprint density at radius 1 is 1.30 bits per heavy atom. The number of carboxylic acid groups (broad SMARTS) is 1. The van der Waals surface area contributed by atoms with E-state index >= 15 is 0 Å². The van der Waals surface area contributed by atoms with E-state index in [0.29, 0.717) is 12.2 Å². The number of aliphatic carboxylic acids is 1. The summed E-state index contributed by atoms with van der Waals surface area (Å²) < 4.78 is 26.5. The fourth-order valence-electron chi connectivity index (χ4n) is 3.14. The largest absolute Gasteiger partial charge is 0.480 e. The Bertz CT molecular complexity index is 445. The molecule has 0 bridgehead atoms. The Morgan fingerprint density at radius 3 is 2.50 bits per heavy atom. The summed E-state index contributed by atoms with van der Waals surface area (Å²) in [6.07, 6.45) is 5.93. The van der Waals surface area contributed by atoms with Crippen LogP contribution in [0.15, 0.2) is 0 Å². The van der Waals surface area contributed by atoms with Gasteiger partial charge in [0.05, 0.1) is 11.1 Å². The highest BCUT2D eigenvalue weighted by molar-refractivity contribution is 8.01. The minimum Gasteiger partial charge on any atom is -0.480 e. The van der Waals surface area contributed by atoms with Crippen LogP contribution in [0.5, 0.6) is 0 Å². The first-order chi connectivity index (χ1) is 9.45. The monoisotopic (exact) mass is 321 g/mol. The Balaban J connectivity index is 2.13. The van der Waals surface area contributed by atoms with Gasteiger partial charge in [0, 0.05) is 5.75 Å². The number of nitrogens with zero attached hydrogens (tertiary/aromatic N) is 1. The fraction of sp³-hybridized carbons (Fsp3) is 0.923. The van der Waals surface area contributed by atoms with E-state index in [1.165, 1.54) is 22.5 Å². The second-order valence-corrected chi connectivity index (χ2v) is 8.79. The first-order valence-corrected chi connectivity index (χ1v) is 9.97. The van der Waals surface area contributed by atoms with Crippen LogP contribution in [0.4, 0.5) is 0 Å². The Labute approximate surface area is 125 Å². The molecule has 20 heavy (non-hydrogen) atoms. The number of carbonyl (C=O) groups is 1. The molecule has 2 fully saturated rings. The van der Waals surface area contributed by atoms with E-state index in [9.17, 15) is 18.3 Å². The fourth-order valence-corrected chi connectivity index (χ4v) is 7.21. The molecule has 1 aliphatic carbocycles. The van der Waals surface area contributed by atoms with Crippen molar-refractivity contribution < 1.29 is 18.3 Å². The van der Waals surface area contributed by atoms with E-state index in [1.54, 1.807) is 0 Å². The van der Waals surface area contributed by atoms with Crippen LogP contribution in [-0.2, 0) is 14.8 Å². The molecule has 2 atom stereocenters. The maximum atomic E-state index is 12.6. The molecule has 0 aromatic rings. The molecule has 2 rings (SSSR count). The van der Waals surface area contributed by atoms with Gasteiger partial charge < -0.3 is 5.11 Å². The highest BCUT2D eigenvalue weighted by Gasteiger charge is 2.45. The van der Waals surface area contributed by atoms with Crippen molar-refractivity contribution in [1.82, 2.24) is 4.31 Å². The van der Waals surface area contributed by atoms with Gasteiger partial charge >= 0.3 is 5.97 Å². The van der Waals surface area contributed by atoms with Gasteiger partial charge in [-0.1, -0.05) is 26.2 Å². The van der Waals surface area contributed by atoms with Crippen molar-refractivity contribution in [3.63, 3.8) is 0 Å². The van der Waals surface area contributed by atoms with Crippen LogP contribution < -0.4 is 0 Å². The molecule has 5 nitrogen and oxygen atoms in total. The van der Waals surface area contributed by atoms with Gasteiger partial charge in [0.25, 0.3) is 0 Å². The number of rotatable bonds is 5. The third-order valence-electron chi connectivity index (χ3n) is 4.16. The molecule has 1 saturated heterocycles. The lowest BCUT2D eigenvalue weighted by Gasteiger charge is -2.29. The normalized spacial score (nSPS) is 29.6. The highest BCUT2D eigenvalue weighted by Crippen LogP contribution is 2.35. The number of sulfonamides is 1. The van der Waals surface area contributed by atoms with Crippen LogP contribution in [-0.4, -0.2) is 46.7 Å². The summed E-state index contributed by atoms with van der Waals surface area (Å²) >= 11 is 1.44. The summed E-state index contributed by atoms with van der Waals surface area (Å²) in [5, 5.41) is 9.03. The van der Waals surface area contributed by atoms with Gasteiger partial charge in [-0.25, -0.2) is 8.42 Å². The lowest BCUT2D eigenvalue weighted by molar-refractivity contribution is -0.140. The van der Waals surface area contributed by atoms with Crippen molar-refractivity contribution in [2.75, 3.05) is 11.5 Å². The van der Waals surface area contributed by atoms with E-state index in [0.717, 1.165) is 25.7 Å². The third kappa shape index (κ3) is 3.49. The van der Waals surface area contributed by atoms with E-state index in [1.807, 2.05) is 6.92 Å². The lowest BCUT2D eigenvalue weighted by atomic mass is 9.91. The molecule has 7 heteroatoms. The van der Waals surface area contributed by atoms with Crippen LogP contribution in [0.25, 0.3) is 0 Å². The van der Waals surface area contributed by atoms with E-state index < -0.39 is 22.0 Å². The maximum absolute atomic E-state index is 12.6. The summed E-state index contributed by atoms with van der Waals surface area (Å²) in [6.45, 7) is 1.91. The molecular formula is C13H23NO4S2. The molecule has 1 N–H and O–H groups in total. The van der Waals surface area contributed by atoms with Crippen molar-refractivity contribution in [2.45, 2.75) is 56.9 Å². The average Bonchev–Trinajstić information content (AvgIpc) is 2.84. The molecular weight excluding hydrogens is 298 g/mol. The van der Waals surface area contributed by atoms with Crippen molar-refractivity contribution in [2.24, 2.45) is 5.92 Å². The van der Waals surface area contributed by atoms with Crippen LogP contribution in [0.2, 0.25) is 0 Å². The Hall–Kier alpha value is -0.270. The second-order valence-electron chi connectivity index (χ2n) is 5.66. The molecule has 0 amide bonds. The van der Waals surface area contributed by atoms with Crippen LogP contribution in [0.1, 0.15) is 45.4 Å². The van der Waals surface area contributed by atoms with E-state index in [4.69, 9.17) is 0 Å². The molecule has 0 radical (unpaired) electrons. The van der Waals surface area contributed by atoms with Crippen molar-refractivity contribution >= 4 is 27.8 Å². The number of carboxylic acids is 1. The topological polar surface area (TPSA) is 74.7 Å². The number of hydrogen-bond donors (Lipinski definition) is 1. The lowest BCUT2D eigenvalue weighted by Crippen LogP contribution is -2.47. The van der Waals surface area contributed by atoms with Gasteiger partial charge in [0.1, 0.15) is 6.04 Å².